The molecule has 26 heavy (non-hydrogen) atoms. The fourth-order valence-corrected chi connectivity index (χ4v) is 2.88. The molecule has 3 N–H and O–H groups in total. The third-order valence-corrected chi connectivity index (χ3v) is 4.09. The van der Waals surface area contributed by atoms with E-state index < -0.39 is 11.7 Å². The highest BCUT2D eigenvalue weighted by Crippen LogP contribution is 2.20. The molecule has 2 heterocycles. The van der Waals surface area contributed by atoms with Gasteiger partial charge in [-0.2, -0.15) is 0 Å². The average Bonchev–Trinajstić information content (AvgIpc) is 2.66. The van der Waals surface area contributed by atoms with Crippen molar-refractivity contribution in [2.75, 3.05) is 5.73 Å². The zero-order valence-corrected chi connectivity index (χ0v) is 13.6. The van der Waals surface area contributed by atoms with Crippen LogP contribution in [-0.4, -0.2) is 20.9 Å². The van der Waals surface area contributed by atoms with Crippen molar-refractivity contribution in [1.29, 1.82) is 0 Å². The van der Waals surface area contributed by atoms with Crippen LogP contribution >= 0.6 is 0 Å². The van der Waals surface area contributed by atoms with E-state index in [0.717, 1.165) is 16.5 Å². The van der Waals surface area contributed by atoms with Crippen molar-refractivity contribution in [1.82, 2.24) is 20.3 Å². The number of amides is 1. The second-order valence-electron chi connectivity index (χ2n) is 5.74. The number of benzene rings is 2. The van der Waals surface area contributed by atoms with Crippen LogP contribution in [0.2, 0.25) is 0 Å². The molecule has 0 saturated carbocycles. The van der Waals surface area contributed by atoms with Crippen LogP contribution in [0.15, 0.2) is 54.7 Å². The molecule has 0 spiro atoms. The largest absolute Gasteiger partial charge is 0.368 e. The zero-order valence-electron chi connectivity index (χ0n) is 13.6. The molecular weight excluding hydrogens is 333 g/mol. The van der Waals surface area contributed by atoms with Gasteiger partial charge in [0.2, 0.25) is 5.95 Å². The molecule has 2 aromatic carbocycles. The molecule has 4 aromatic rings. The Hall–Kier alpha value is -3.61. The Morgan fingerprint density at radius 2 is 1.85 bits per heavy atom. The summed E-state index contributed by atoms with van der Waals surface area (Å²) in [6.07, 6.45) is 1.69. The summed E-state index contributed by atoms with van der Waals surface area (Å²) in [7, 11) is 0. The molecule has 2 aromatic heterocycles. The Kier molecular flexibility index (Phi) is 3.89. The standard InChI is InChI=1S/C19H14FN5O/c20-14-6-3-5-13-16(14)24-19(21)25-17(13)18(26)23-10-11-8-9-22-15-7-2-1-4-12(11)15/h1-9H,10H2,(H,23,26)(H2,21,24,25). The van der Waals surface area contributed by atoms with Gasteiger partial charge in [-0.1, -0.05) is 30.3 Å². The molecule has 0 aliphatic rings. The lowest BCUT2D eigenvalue weighted by molar-refractivity contribution is 0.0948. The predicted octanol–water partition coefficient (Wildman–Crippen LogP) is 2.83. The highest BCUT2D eigenvalue weighted by molar-refractivity contribution is 6.04. The monoisotopic (exact) mass is 347 g/mol. The molecule has 6 nitrogen and oxygen atoms in total. The smallest absolute Gasteiger partial charge is 0.271 e. The number of hydrogen-bond acceptors (Lipinski definition) is 5. The normalized spacial score (nSPS) is 11.0. The van der Waals surface area contributed by atoms with Gasteiger partial charge >= 0.3 is 0 Å². The van der Waals surface area contributed by atoms with Crippen LogP contribution in [0.1, 0.15) is 16.1 Å². The highest BCUT2D eigenvalue weighted by Gasteiger charge is 2.16. The van der Waals surface area contributed by atoms with Crippen molar-refractivity contribution in [3.05, 3.63) is 71.8 Å². The van der Waals surface area contributed by atoms with Gasteiger partial charge in [0.05, 0.1) is 5.52 Å². The number of pyridine rings is 1. The van der Waals surface area contributed by atoms with Crippen LogP contribution in [0.3, 0.4) is 0 Å². The van der Waals surface area contributed by atoms with Gasteiger partial charge < -0.3 is 11.1 Å². The molecule has 1 amide bonds. The van der Waals surface area contributed by atoms with Crippen LogP contribution in [0.5, 0.6) is 0 Å². The average molecular weight is 347 g/mol. The van der Waals surface area contributed by atoms with E-state index in [1.165, 1.54) is 12.1 Å². The summed E-state index contributed by atoms with van der Waals surface area (Å²) in [5.74, 6) is -1.15. The van der Waals surface area contributed by atoms with Crippen molar-refractivity contribution < 1.29 is 9.18 Å². The summed E-state index contributed by atoms with van der Waals surface area (Å²) in [6, 6.07) is 13.9. The Bertz CT molecular complexity index is 1140. The second kappa shape index (κ2) is 6.36. The van der Waals surface area contributed by atoms with Gasteiger partial charge in [0, 0.05) is 23.5 Å². The summed E-state index contributed by atoms with van der Waals surface area (Å²) in [5, 5.41) is 4.08. The minimum absolute atomic E-state index is 0.0273. The van der Waals surface area contributed by atoms with Gasteiger partial charge in [-0.15, -0.1) is 0 Å². The van der Waals surface area contributed by atoms with E-state index in [-0.39, 0.29) is 23.7 Å². The highest BCUT2D eigenvalue weighted by atomic mass is 19.1. The summed E-state index contributed by atoms with van der Waals surface area (Å²) in [5.41, 5.74) is 7.47. The zero-order chi connectivity index (χ0) is 18.1. The van der Waals surface area contributed by atoms with Gasteiger partial charge in [0.25, 0.3) is 5.91 Å². The summed E-state index contributed by atoms with van der Waals surface area (Å²) >= 11 is 0. The molecule has 0 fully saturated rings. The number of carbonyl (C=O) groups excluding carboxylic acids is 1. The first-order valence-electron chi connectivity index (χ1n) is 7.96. The first-order chi connectivity index (χ1) is 12.6. The fraction of sp³-hybridized carbons (Fsp3) is 0.0526. The lowest BCUT2D eigenvalue weighted by Crippen LogP contribution is -2.25. The first kappa shape index (κ1) is 15.9. The maximum atomic E-state index is 14.0. The van der Waals surface area contributed by atoms with Crippen LogP contribution in [0.4, 0.5) is 10.3 Å². The van der Waals surface area contributed by atoms with Crippen molar-refractivity contribution in [2.45, 2.75) is 6.54 Å². The third-order valence-electron chi connectivity index (χ3n) is 4.09. The van der Waals surface area contributed by atoms with E-state index in [0.29, 0.717) is 5.39 Å². The summed E-state index contributed by atoms with van der Waals surface area (Å²) < 4.78 is 14.0. The van der Waals surface area contributed by atoms with Crippen LogP contribution in [0.25, 0.3) is 21.8 Å². The van der Waals surface area contributed by atoms with Crippen molar-refractivity contribution in [2.24, 2.45) is 0 Å². The van der Waals surface area contributed by atoms with Gasteiger partial charge in [-0.3, -0.25) is 9.78 Å². The molecule has 0 unspecified atom stereocenters. The number of carbonyl (C=O) groups is 1. The maximum absolute atomic E-state index is 14.0. The number of nitrogen functional groups attached to an aromatic ring is 1. The maximum Gasteiger partial charge on any atom is 0.271 e. The molecule has 4 rings (SSSR count). The van der Waals surface area contributed by atoms with Crippen LogP contribution < -0.4 is 11.1 Å². The predicted molar refractivity (Wildman–Crippen MR) is 96.8 cm³/mol. The number of nitrogens with two attached hydrogens (primary N) is 1. The molecular formula is C19H14FN5O. The molecule has 0 aliphatic carbocycles. The van der Waals surface area contributed by atoms with E-state index in [9.17, 15) is 9.18 Å². The minimum Gasteiger partial charge on any atom is -0.368 e. The molecule has 0 atom stereocenters. The molecule has 0 saturated heterocycles. The van der Waals surface area contributed by atoms with E-state index in [1.807, 2.05) is 30.3 Å². The van der Waals surface area contributed by atoms with Gasteiger partial charge in [0.1, 0.15) is 17.0 Å². The second-order valence-corrected chi connectivity index (χ2v) is 5.74. The van der Waals surface area contributed by atoms with E-state index >= 15 is 0 Å². The van der Waals surface area contributed by atoms with E-state index in [1.54, 1.807) is 12.3 Å². The van der Waals surface area contributed by atoms with E-state index in [2.05, 4.69) is 20.3 Å². The Balaban J connectivity index is 1.67. The summed E-state index contributed by atoms with van der Waals surface area (Å²) in [6.45, 7) is 0.280. The number of rotatable bonds is 3. The molecule has 128 valence electrons. The Morgan fingerprint density at radius 1 is 1.04 bits per heavy atom. The Labute approximate surface area is 147 Å². The fourth-order valence-electron chi connectivity index (χ4n) is 2.88. The molecule has 0 bridgehead atoms. The van der Waals surface area contributed by atoms with Crippen molar-refractivity contribution >= 4 is 33.7 Å². The molecule has 7 heteroatoms. The number of hydrogen-bond donors (Lipinski definition) is 2. The van der Waals surface area contributed by atoms with Gasteiger partial charge in [-0.25, -0.2) is 14.4 Å². The minimum atomic E-state index is -0.550. The molecule has 0 radical (unpaired) electrons. The van der Waals surface area contributed by atoms with Crippen molar-refractivity contribution in [3.8, 4) is 0 Å². The number of fused-ring (bicyclic) bond motifs is 2. The lowest BCUT2D eigenvalue weighted by atomic mass is 10.1. The van der Waals surface area contributed by atoms with Gasteiger partial charge in [0.15, 0.2) is 0 Å². The number of para-hydroxylation sites is 2. The first-order valence-corrected chi connectivity index (χ1v) is 7.96. The number of halogens is 1. The van der Waals surface area contributed by atoms with E-state index in [4.69, 9.17) is 5.73 Å². The van der Waals surface area contributed by atoms with Crippen molar-refractivity contribution in [3.63, 3.8) is 0 Å². The number of nitrogens with zero attached hydrogens (tertiary/aromatic N) is 3. The number of nitrogens with one attached hydrogen (secondary N) is 1. The lowest BCUT2D eigenvalue weighted by Gasteiger charge is -2.10. The Morgan fingerprint density at radius 3 is 2.73 bits per heavy atom. The number of anilines is 1. The number of aromatic nitrogens is 3. The molecule has 0 aliphatic heterocycles. The van der Waals surface area contributed by atoms with Crippen LogP contribution in [-0.2, 0) is 6.54 Å². The van der Waals surface area contributed by atoms with Gasteiger partial charge in [-0.05, 0) is 23.8 Å². The SMILES string of the molecule is Nc1nc(C(=O)NCc2ccnc3ccccc23)c2cccc(F)c2n1. The quantitative estimate of drug-likeness (QED) is 0.594. The third kappa shape index (κ3) is 2.79. The summed E-state index contributed by atoms with van der Waals surface area (Å²) in [4.78, 5) is 24.8. The van der Waals surface area contributed by atoms with Crippen LogP contribution in [0, 0.1) is 5.82 Å². The topological polar surface area (TPSA) is 93.8 Å².